The molecule has 3 rings (SSSR count). The van der Waals surface area contributed by atoms with Crippen LogP contribution in [-0.2, 0) is 4.74 Å². The first-order chi connectivity index (χ1) is 8.63. The Labute approximate surface area is 105 Å². The number of carbonyl (C=O) groups excluding carboxylic acids is 1. The molecule has 2 fully saturated rings. The third-order valence-electron chi connectivity index (χ3n) is 3.60. The van der Waals surface area contributed by atoms with Gasteiger partial charge in [0.1, 0.15) is 5.75 Å². The Balaban J connectivity index is 1.84. The molecule has 2 saturated heterocycles. The second kappa shape index (κ2) is 4.17. The largest absolute Gasteiger partial charge is 0.508 e. The first kappa shape index (κ1) is 11.3. The fraction of sp³-hybridized carbons (Fsp3) is 0.462. The van der Waals surface area contributed by atoms with Crippen molar-refractivity contribution in [2.24, 2.45) is 0 Å². The van der Waals surface area contributed by atoms with Gasteiger partial charge < -0.3 is 20.5 Å². The van der Waals surface area contributed by atoms with E-state index in [9.17, 15) is 9.90 Å². The summed E-state index contributed by atoms with van der Waals surface area (Å²) in [4.78, 5) is 14.1. The third kappa shape index (κ3) is 1.90. The number of likely N-dealkylation sites (tertiary alicyclic amines) is 1. The van der Waals surface area contributed by atoms with Crippen LogP contribution < -0.4 is 5.73 Å². The molecule has 1 aromatic rings. The lowest BCUT2D eigenvalue weighted by molar-refractivity contribution is -0.0303. The predicted molar refractivity (Wildman–Crippen MR) is 66.3 cm³/mol. The zero-order valence-corrected chi connectivity index (χ0v) is 10.0. The summed E-state index contributed by atoms with van der Waals surface area (Å²) in [7, 11) is 0. The van der Waals surface area contributed by atoms with Gasteiger partial charge in [0.25, 0.3) is 5.91 Å². The summed E-state index contributed by atoms with van der Waals surface area (Å²) >= 11 is 0. The van der Waals surface area contributed by atoms with Crippen LogP contribution in [0.4, 0.5) is 5.69 Å². The van der Waals surface area contributed by atoms with E-state index in [1.807, 2.05) is 0 Å². The zero-order chi connectivity index (χ0) is 12.7. The predicted octanol–water partition coefficient (Wildman–Crippen LogP) is 0.978. The molecule has 18 heavy (non-hydrogen) atoms. The van der Waals surface area contributed by atoms with Gasteiger partial charge in [-0.15, -0.1) is 0 Å². The summed E-state index contributed by atoms with van der Waals surface area (Å²) in [6.45, 7) is 1.23. The van der Waals surface area contributed by atoms with Crippen LogP contribution in [0.3, 0.4) is 0 Å². The van der Waals surface area contributed by atoms with E-state index in [1.165, 1.54) is 12.1 Å². The average molecular weight is 248 g/mol. The van der Waals surface area contributed by atoms with Gasteiger partial charge in [-0.25, -0.2) is 0 Å². The molecule has 2 unspecified atom stereocenters. The molecule has 1 aromatic carbocycles. The molecule has 0 aromatic heterocycles. The molecule has 1 amide bonds. The van der Waals surface area contributed by atoms with Gasteiger partial charge >= 0.3 is 0 Å². The molecule has 0 spiro atoms. The number of nitrogens with two attached hydrogens (primary N) is 1. The third-order valence-corrected chi connectivity index (χ3v) is 3.60. The van der Waals surface area contributed by atoms with Gasteiger partial charge in [-0.05, 0) is 31.0 Å². The summed E-state index contributed by atoms with van der Waals surface area (Å²) < 4.78 is 5.69. The maximum Gasteiger partial charge on any atom is 0.256 e. The number of benzene rings is 1. The van der Waals surface area contributed by atoms with Crippen LogP contribution in [0.5, 0.6) is 5.75 Å². The summed E-state index contributed by atoms with van der Waals surface area (Å²) in [5.74, 6) is -0.0626. The Bertz CT molecular complexity index is 477. The van der Waals surface area contributed by atoms with Crippen molar-refractivity contribution < 1.29 is 14.6 Å². The number of hydrogen-bond acceptors (Lipinski definition) is 4. The molecular weight excluding hydrogens is 232 g/mol. The lowest BCUT2D eigenvalue weighted by Crippen LogP contribution is -2.45. The van der Waals surface area contributed by atoms with Crippen molar-refractivity contribution in [3.8, 4) is 5.75 Å². The number of anilines is 1. The number of carbonyl (C=O) groups is 1. The number of hydrogen-bond donors (Lipinski definition) is 2. The molecule has 96 valence electrons. The van der Waals surface area contributed by atoms with E-state index in [0.717, 1.165) is 12.8 Å². The van der Waals surface area contributed by atoms with Gasteiger partial charge in [0.05, 0.1) is 17.8 Å². The minimum atomic E-state index is -0.122. The second-order valence-electron chi connectivity index (χ2n) is 4.94. The average Bonchev–Trinajstić information content (AvgIpc) is 2.70. The molecule has 0 aliphatic carbocycles. The van der Waals surface area contributed by atoms with E-state index >= 15 is 0 Å². The minimum absolute atomic E-state index is 0.0591. The number of morpholine rings is 1. The number of aromatic hydroxyl groups is 1. The highest BCUT2D eigenvalue weighted by molar-refractivity contribution is 5.99. The van der Waals surface area contributed by atoms with Crippen molar-refractivity contribution in [3.05, 3.63) is 23.8 Å². The van der Waals surface area contributed by atoms with Crippen LogP contribution in [0.15, 0.2) is 18.2 Å². The fourth-order valence-electron chi connectivity index (χ4n) is 2.68. The van der Waals surface area contributed by atoms with Crippen molar-refractivity contribution in [3.63, 3.8) is 0 Å². The van der Waals surface area contributed by atoms with Gasteiger partial charge in [-0.1, -0.05) is 0 Å². The topological polar surface area (TPSA) is 75.8 Å². The van der Waals surface area contributed by atoms with E-state index < -0.39 is 0 Å². The normalized spacial score (nSPS) is 26.3. The summed E-state index contributed by atoms with van der Waals surface area (Å²) in [5, 5.41) is 9.45. The number of nitrogen functional groups attached to an aromatic ring is 1. The standard InChI is InChI=1S/C13H16N2O3/c14-12-4-1-8(16)5-11(12)13(17)15-6-9-2-3-10(7-15)18-9/h1,4-5,9-10,16H,2-3,6-7,14H2. The van der Waals surface area contributed by atoms with E-state index in [2.05, 4.69) is 0 Å². The molecule has 0 radical (unpaired) electrons. The molecule has 2 heterocycles. The Morgan fingerprint density at radius 1 is 1.33 bits per heavy atom. The van der Waals surface area contributed by atoms with E-state index in [4.69, 9.17) is 10.5 Å². The highest BCUT2D eigenvalue weighted by atomic mass is 16.5. The molecule has 0 saturated carbocycles. The van der Waals surface area contributed by atoms with Crippen molar-refractivity contribution in [1.82, 2.24) is 4.90 Å². The smallest absolute Gasteiger partial charge is 0.256 e. The van der Waals surface area contributed by atoms with Crippen LogP contribution >= 0.6 is 0 Å². The van der Waals surface area contributed by atoms with Crippen LogP contribution in [0, 0.1) is 0 Å². The number of amides is 1. The Hall–Kier alpha value is -1.75. The van der Waals surface area contributed by atoms with Crippen molar-refractivity contribution in [1.29, 1.82) is 0 Å². The summed E-state index contributed by atoms with van der Waals surface area (Å²) in [6.07, 6.45) is 2.35. The highest BCUT2D eigenvalue weighted by Gasteiger charge is 2.36. The van der Waals surface area contributed by atoms with Crippen molar-refractivity contribution in [2.75, 3.05) is 18.8 Å². The first-order valence-electron chi connectivity index (χ1n) is 6.16. The Kier molecular flexibility index (Phi) is 2.63. The number of phenolic OH excluding ortho intramolecular Hbond substituents is 1. The zero-order valence-electron chi connectivity index (χ0n) is 10.0. The van der Waals surface area contributed by atoms with Crippen LogP contribution in [0.2, 0.25) is 0 Å². The van der Waals surface area contributed by atoms with E-state index in [-0.39, 0.29) is 23.9 Å². The SMILES string of the molecule is Nc1ccc(O)cc1C(=O)N1CC2CCC(C1)O2. The molecule has 2 aliphatic heterocycles. The molecule has 3 N–H and O–H groups in total. The van der Waals surface area contributed by atoms with Crippen molar-refractivity contribution >= 4 is 11.6 Å². The van der Waals surface area contributed by atoms with Gasteiger partial charge in [0.15, 0.2) is 0 Å². The number of nitrogens with zero attached hydrogens (tertiary/aromatic N) is 1. The second-order valence-corrected chi connectivity index (χ2v) is 4.94. The van der Waals surface area contributed by atoms with Crippen LogP contribution in [-0.4, -0.2) is 41.2 Å². The Morgan fingerprint density at radius 3 is 2.67 bits per heavy atom. The van der Waals surface area contributed by atoms with Crippen LogP contribution in [0.25, 0.3) is 0 Å². The number of ether oxygens (including phenoxy) is 1. The van der Waals surface area contributed by atoms with E-state index in [0.29, 0.717) is 24.3 Å². The summed E-state index contributed by atoms with van der Waals surface area (Å²) in [6, 6.07) is 4.46. The van der Waals surface area contributed by atoms with Crippen molar-refractivity contribution in [2.45, 2.75) is 25.0 Å². The quantitative estimate of drug-likeness (QED) is 0.573. The molecule has 2 atom stereocenters. The molecular formula is C13H16N2O3. The molecule has 2 aliphatic rings. The highest BCUT2D eigenvalue weighted by Crippen LogP contribution is 2.28. The van der Waals surface area contributed by atoms with Crippen LogP contribution in [0.1, 0.15) is 23.2 Å². The lowest BCUT2D eigenvalue weighted by atomic mass is 10.1. The number of rotatable bonds is 1. The summed E-state index contributed by atoms with van der Waals surface area (Å²) in [5.41, 5.74) is 6.56. The molecule has 5 nitrogen and oxygen atoms in total. The van der Waals surface area contributed by atoms with E-state index in [1.54, 1.807) is 11.0 Å². The van der Waals surface area contributed by atoms with Gasteiger partial charge in [0, 0.05) is 18.8 Å². The van der Waals surface area contributed by atoms with Gasteiger partial charge in [-0.2, -0.15) is 0 Å². The fourth-order valence-corrected chi connectivity index (χ4v) is 2.68. The molecule has 5 heteroatoms. The van der Waals surface area contributed by atoms with Gasteiger partial charge in [0.2, 0.25) is 0 Å². The maximum absolute atomic E-state index is 12.4. The first-order valence-corrected chi connectivity index (χ1v) is 6.16. The minimum Gasteiger partial charge on any atom is -0.508 e. The van der Waals surface area contributed by atoms with Gasteiger partial charge in [-0.3, -0.25) is 4.79 Å². The monoisotopic (exact) mass is 248 g/mol. The Morgan fingerprint density at radius 2 is 2.00 bits per heavy atom. The maximum atomic E-state index is 12.4. The molecule has 2 bridgehead atoms. The number of phenols is 1. The number of fused-ring (bicyclic) bond motifs is 2. The lowest BCUT2D eigenvalue weighted by Gasteiger charge is -2.32.